The Morgan fingerprint density at radius 2 is 2.04 bits per heavy atom. The molecular weight excluding hydrogens is 395 g/mol. The Labute approximate surface area is 163 Å². The summed E-state index contributed by atoms with van der Waals surface area (Å²) < 4.78 is 43.7. The van der Waals surface area contributed by atoms with Crippen molar-refractivity contribution in [1.82, 2.24) is 9.78 Å². The van der Waals surface area contributed by atoms with Crippen LogP contribution in [0.25, 0.3) is 0 Å². The number of nitrogens with zero attached hydrogens (tertiary/aromatic N) is 2. The summed E-state index contributed by atoms with van der Waals surface area (Å²) in [5.41, 5.74) is 1.56. The molecule has 0 aliphatic rings. The third-order valence-corrected chi connectivity index (χ3v) is 4.23. The van der Waals surface area contributed by atoms with Gasteiger partial charge in [0.15, 0.2) is 5.82 Å². The van der Waals surface area contributed by atoms with Crippen LogP contribution in [0.15, 0.2) is 48.5 Å². The number of halogens is 4. The molecule has 2 aromatic carbocycles. The Kier molecular flexibility index (Phi) is 5.89. The van der Waals surface area contributed by atoms with Crippen molar-refractivity contribution in [2.45, 2.75) is 20.1 Å². The van der Waals surface area contributed by atoms with Crippen LogP contribution in [0.2, 0.25) is 5.02 Å². The van der Waals surface area contributed by atoms with Gasteiger partial charge in [-0.1, -0.05) is 23.7 Å². The van der Waals surface area contributed by atoms with Crippen molar-refractivity contribution in [3.63, 3.8) is 0 Å². The number of anilines is 1. The van der Waals surface area contributed by atoms with Crippen LogP contribution in [0.1, 0.15) is 21.6 Å². The number of hydrogen-bond acceptors (Lipinski definition) is 3. The highest BCUT2D eigenvalue weighted by molar-refractivity contribution is 6.31. The van der Waals surface area contributed by atoms with E-state index in [1.807, 2.05) is 0 Å². The number of hydrogen-bond donors (Lipinski definition) is 1. The monoisotopic (exact) mass is 409 g/mol. The molecule has 0 spiro atoms. The Bertz CT molecular complexity index is 1010. The number of alkyl halides is 2. The molecule has 146 valence electrons. The molecule has 3 aromatic rings. The molecule has 0 aliphatic heterocycles. The van der Waals surface area contributed by atoms with Gasteiger partial charge in [-0.15, -0.1) is 0 Å². The molecule has 1 N–H and O–H groups in total. The Hall–Kier alpha value is -3.00. The van der Waals surface area contributed by atoms with Gasteiger partial charge in [0.2, 0.25) is 0 Å². The largest absolute Gasteiger partial charge is 0.435 e. The predicted molar refractivity (Wildman–Crippen MR) is 98.5 cm³/mol. The fraction of sp³-hybridized carbons (Fsp3) is 0.158. The van der Waals surface area contributed by atoms with E-state index in [1.54, 1.807) is 23.7 Å². The van der Waals surface area contributed by atoms with Crippen LogP contribution in [0.5, 0.6) is 5.75 Å². The molecule has 0 unspecified atom stereocenters. The van der Waals surface area contributed by atoms with Crippen LogP contribution >= 0.6 is 11.6 Å². The number of carbonyl (C=O) groups excluding carboxylic acids is 1. The molecule has 0 atom stereocenters. The van der Waals surface area contributed by atoms with Gasteiger partial charge in [-0.3, -0.25) is 9.48 Å². The molecule has 0 saturated heterocycles. The van der Waals surface area contributed by atoms with Crippen LogP contribution in [-0.4, -0.2) is 22.3 Å². The Morgan fingerprint density at radius 3 is 2.75 bits per heavy atom. The first-order valence-corrected chi connectivity index (χ1v) is 8.54. The van der Waals surface area contributed by atoms with Crippen molar-refractivity contribution < 1.29 is 22.7 Å². The number of amides is 1. The normalized spacial score (nSPS) is 10.9. The Balaban J connectivity index is 1.73. The molecule has 0 fully saturated rings. The van der Waals surface area contributed by atoms with Crippen molar-refractivity contribution in [2.75, 3.05) is 5.32 Å². The van der Waals surface area contributed by atoms with Crippen LogP contribution in [0, 0.1) is 12.7 Å². The lowest BCUT2D eigenvalue weighted by Crippen LogP contribution is -2.13. The molecule has 3 rings (SSSR count). The molecule has 0 radical (unpaired) electrons. The van der Waals surface area contributed by atoms with Crippen LogP contribution in [-0.2, 0) is 6.54 Å². The average molecular weight is 410 g/mol. The molecule has 1 amide bonds. The van der Waals surface area contributed by atoms with Gasteiger partial charge in [0.25, 0.3) is 5.91 Å². The van der Waals surface area contributed by atoms with E-state index in [4.69, 9.17) is 11.6 Å². The van der Waals surface area contributed by atoms with Crippen LogP contribution < -0.4 is 10.1 Å². The minimum atomic E-state index is -2.98. The minimum absolute atomic E-state index is 0.115. The number of aromatic nitrogens is 2. The maximum Gasteiger partial charge on any atom is 0.387 e. The summed E-state index contributed by atoms with van der Waals surface area (Å²) in [6, 6.07) is 11.2. The van der Waals surface area contributed by atoms with E-state index in [1.165, 1.54) is 36.4 Å². The van der Waals surface area contributed by atoms with Crippen molar-refractivity contribution in [2.24, 2.45) is 0 Å². The van der Waals surface area contributed by atoms with Crippen molar-refractivity contribution in [3.8, 4) is 5.75 Å². The zero-order valence-electron chi connectivity index (χ0n) is 14.6. The van der Waals surface area contributed by atoms with E-state index in [9.17, 15) is 18.0 Å². The predicted octanol–water partition coefficient (Wildman–Crippen LogP) is 4.89. The van der Waals surface area contributed by atoms with E-state index in [0.29, 0.717) is 12.1 Å². The van der Waals surface area contributed by atoms with Gasteiger partial charge in [0, 0.05) is 22.3 Å². The second kappa shape index (κ2) is 8.35. The van der Waals surface area contributed by atoms with E-state index in [-0.39, 0.29) is 22.2 Å². The molecule has 1 heterocycles. The number of ether oxygens (including phenoxy) is 1. The number of benzene rings is 2. The van der Waals surface area contributed by atoms with Gasteiger partial charge in [-0.2, -0.15) is 13.9 Å². The summed E-state index contributed by atoms with van der Waals surface area (Å²) in [4.78, 5) is 12.4. The minimum Gasteiger partial charge on any atom is -0.435 e. The number of aryl methyl sites for hydroxylation is 1. The molecule has 5 nitrogen and oxygen atoms in total. The van der Waals surface area contributed by atoms with Gasteiger partial charge in [-0.05, 0) is 42.8 Å². The Morgan fingerprint density at radius 1 is 1.25 bits per heavy atom. The van der Waals surface area contributed by atoms with E-state index >= 15 is 0 Å². The summed E-state index contributed by atoms with van der Waals surface area (Å²) in [6.07, 6.45) is 0. The summed E-state index contributed by atoms with van der Waals surface area (Å²) in [7, 11) is 0. The summed E-state index contributed by atoms with van der Waals surface area (Å²) in [5, 5.41) is 7.16. The van der Waals surface area contributed by atoms with E-state index in [2.05, 4.69) is 15.2 Å². The summed E-state index contributed by atoms with van der Waals surface area (Å²) in [5.74, 6) is -0.794. The lowest BCUT2D eigenvalue weighted by Gasteiger charge is -2.07. The van der Waals surface area contributed by atoms with Crippen LogP contribution in [0.3, 0.4) is 0 Å². The molecule has 0 saturated carbocycles. The highest BCUT2D eigenvalue weighted by Crippen LogP contribution is 2.21. The lowest BCUT2D eigenvalue weighted by atomic mass is 10.2. The maximum absolute atomic E-state index is 13.2. The molecule has 1 aromatic heterocycles. The number of carbonyl (C=O) groups is 1. The zero-order chi connectivity index (χ0) is 20.3. The maximum atomic E-state index is 13.2. The topological polar surface area (TPSA) is 56.1 Å². The smallest absolute Gasteiger partial charge is 0.387 e. The number of rotatable bonds is 6. The van der Waals surface area contributed by atoms with E-state index < -0.39 is 18.3 Å². The number of nitrogens with one attached hydrogen (secondary N) is 1. The second-order valence-corrected chi connectivity index (χ2v) is 6.33. The van der Waals surface area contributed by atoms with Crippen molar-refractivity contribution >= 4 is 23.3 Å². The standard InChI is InChI=1S/C19H15ClF3N3O2/c1-11-7-17(25-26(11)10-13-5-6-14(21)9-16(13)20)24-18(27)12-3-2-4-15(8-12)28-19(22)23/h2-9,19H,10H2,1H3,(H,24,25,27). The van der Waals surface area contributed by atoms with Gasteiger partial charge in [0.1, 0.15) is 11.6 Å². The highest BCUT2D eigenvalue weighted by Gasteiger charge is 2.13. The third kappa shape index (κ3) is 4.83. The molecule has 0 bridgehead atoms. The SMILES string of the molecule is Cc1cc(NC(=O)c2cccc(OC(F)F)c2)nn1Cc1ccc(F)cc1Cl. The summed E-state index contributed by atoms with van der Waals surface area (Å²) >= 11 is 6.04. The fourth-order valence-electron chi connectivity index (χ4n) is 2.54. The highest BCUT2D eigenvalue weighted by atomic mass is 35.5. The summed E-state index contributed by atoms with van der Waals surface area (Å²) in [6.45, 7) is -0.898. The van der Waals surface area contributed by atoms with Crippen LogP contribution in [0.4, 0.5) is 19.0 Å². The van der Waals surface area contributed by atoms with Crippen molar-refractivity contribution in [1.29, 1.82) is 0 Å². The van der Waals surface area contributed by atoms with Gasteiger partial charge >= 0.3 is 6.61 Å². The zero-order valence-corrected chi connectivity index (χ0v) is 15.4. The molecule has 9 heteroatoms. The fourth-order valence-corrected chi connectivity index (χ4v) is 2.77. The first-order chi connectivity index (χ1) is 13.3. The van der Waals surface area contributed by atoms with E-state index in [0.717, 1.165) is 5.69 Å². The molecule has 0 aliphatic carbocycles. The third-order valence-electron chi connectivity index (χ3n) is 3.88. The average Bonchev–Trinajstić information content (AvgIpc) is 2.96. The molecule has 28 heavy (non-hydrogen) atoms. The molecular formula is C19H15ClF3N3O2. The first kappa shape index (κ1) is 19.8. The lowest BCUT2D eigenvalue weighted by molar-refractivity contribution is -0.0498. The van der Waals surface area contributed by atoms with Gasteiger partial charge in [0.05, 0.1) is 6.54 Å². The van der Waals surface area contributed by atoms with Gasteiger partial charge in [-0.25, -0.2) is 4.39 Å². The second-order valence-electron chi connectivity index (χ2n) is 5.92. The first-order valence-electron chi connectivity index (χ1n) is 8.16. The van der Waals surface area contributed by atoms with Gasteiger partial charge < -0.3 is 10.1 Å². The quantitative estimate of drug-likeness (QED) is 0.631. The van der Waals surface area contributed by atoms with Crippen molar-refractivity contribution in [3.05, 3.63) is 76.2 Å².